The Kier molecular flexibility index (Phi) is 6.87. The van der Waals surface area contributed by atoms with E-state index in [1.807, 2.05) is 42.5 Å². The highest BCUT2D eigenvalue weighted by molar-refractivity contribution is 7.99. The van der Waals surface area contributed by atoms with Crippen molar-refractivity contribution in [2.75, 3.05) is 29.1 Å². The van der Waals surface area contributed by atoms with E-state index in [0.29, 0.717) is 11.1 Å². The number of piperidine rings is 1. The van der Waals surface area contributed by atoms with Gasteiger partial charge in [-0.05, 0) is 55.7 Å². The van der Waals surface area contributed by atoms with Gasteiger partial charge in [0.15, 0.2) is 6.61 Å². The van der Waals surface area contributed by atoms with Crippen molar-refractivity contribution in [1.29, 1.82) is 0 Å². The molecule has 0 aliphatic carbocycles. The number of benzene rings is 2. The molecule has 0 unspecified atom stereocenters. The standard InChI is InChI=1S/C22H24N4O3S/c27-20(23-17-9-11-18(12-10-17)26-13-5-2-6-14-26)16-30-22-25-24-21(29-22)15-28-19-7-3-1-4-8-19/h1,3-4,7-12H,2,5-6,13-16H2,(H,23,27). The largest absolute Gasteiger partial charge is 0.484 e. The summed E-state index contributed by atoms with van der Waals surface area (Å²) in [4.78, 5) is 14.6. The van der Waals surface area contributed by atoms with E-state index < -0.39 is 0 Å². The zero-order valence-electron chi connectivity index (χ0n) is 16.6. The summed E-state index contributed by atoms with van der Waals surface area (Å²) < 4.78 is 11.1. The molecule has 8 heteroatoms. The Labute approximate surface area is 179 Å². The van der Waals surface area contributed by atoms with Crippen LogP contribution >= 0.6 is 11.8 Å². The molecule has 0 atom stereocenters. The number of nitrogens with zero attached hydrogens (tertiary/aromatic N) is 3. The highest BCUT2D eigenvalue weighted by Gasteiger charge is 2.12. The lowest BCUT2D eigenvalue weighted by Gasteiger charge is -2.28. The van der Waals surface area contributed by atoms with Gasteiger partial charge in [0.05, 0.1) is 5.75 Å². The zero-order valence-corrected chi connectivity index (χ0v) is 17.4. The van der Waals surface area contributed by atoms with E-state index >= 15 is 0 Å². The van der Waals surface area contributed by atoms with Crippen molar-refractivity contribution in [3.63, 3.8) is 0 Å². The van der Waals surface area contributed by atoms with Crippen LogP contribution in [0.4, 0.5) is 11.4 Å². The molecule has 1 saturated heterocycles. The third-order valence-electron chi connectivity index (χ3n) is 4.75. The molecule has 7 nitrogen and oxygen atoms in total. The van der Waals surface area contributed by atoms with E-state index in [1.165, 1.54) is 36.7 Å². The predicted molar refractivity (Wildman–Crippen MR) is 117 cm³/mol. The Balaban J connectivity index is 1.21. The van der Waals surface area contributed by atoms with E-state index in [0.717, 1.165) is 24.5 Å². The van der Waals surface area contributed by atoms with Crippen LogP contribution in [0, 0.1) is 0 Å². The lowest BCUT2D eigenvalue weighted by atomic mass is 10.1. The minimum atomic E-state index is -0.119. The Morgan fingerprint density at radius 1 is 1.03 bits per heavy atom. The third-order valence-corrected chi connectivity index (χ3v) is 5.57. The number of rotatable bonds is 8. The summed E-state index contributed by atoms with van der Waals surface area (Å²) in [5.74, 6) is 1.17. The SMILES string of the molecule is O=C(CSc1nnc(COc2ccccc2)o1)Nc1ccc(N2CCCCC2)cc1. The van der Waals surface area contributed by atoms with Gasteiger partial charge in [-0.3, -0.25) is 4.79 Å². The molecule has 1 fully saturated rings. The average Bonchev–Trinajstić information content (AvgIpc) is 3.26. The van der Waals surface area contributed by atoms with Gasteiger partial charge in [-0.15, -0.1) is 10.2 Å². The van der Waals surface area contributed by atoms with Crippen molar-refractivity contribution < 1.29 is 13.9 Å². The number of thioether (sulfide) groups is 1. The first-order valence-electron chi connectivity index (χ1n) is 10.0. The molecule has 3 aromatic rings. The Hall–Kier alpha value is -3.00. The maximum Gasteiger partial charge on any atom is 0.277 e. The van der Waals surface area contributed by atoms with Crippen molar-refractivity contribution in [1.82, 2.24) is 10.2 Å². The van der Waals surface area contributed by atoms with Gasteiger partial charge >= 0.3 is 0 Å². The lowest BCUT2D eigenvalue weighted by molar-refractivity contribution is -0.113. The van der Waals surface area contributed by atoms with Gasteiger partial charge < -0.3 is 19.4 Å². The first-order valence-corrected chi connectivity index (χ1v) is 11.0. The van der Waals surface area contributed by atoms with Gasteiger partial charge in [0.25, 0.3) is 11.1 Å². The van der Waals surface area contributed by atoms with Crippen LogP contribution in [0.25, 0.3) is 0 Å². The van der Waals surface area contributed by atoms with Crippen LogP contribution in [0.1, 0.15) is 25.2 Å². The second-order valence-corrected chi connectivity index (χ2v) is 7.92. The smallest absolute Gasteiger partial charge is 0.277 e. The molecule has 30 heavy (non-hydrogen) atoms. The number of para-hydroxylation sites is 1. The Bertz CT molecular complexity index is 941. The van der Waals surface area contributed by atoms with Crippen molar-refractivity contribution in [2.24, 2.45) is 0 Å². The number of nitrogens with one attached hydrogen (secondary N) is 1. The van der Waals surface area contributed by atoms with Gasteiger partial charge in [0.1, 0.15) is 5.75 Å². The van der Waals surface area contributed by atoms with Crippen LogP contribution < -0.4 is 15.0 Å². The van der Waals surface area contributed by atoms with Crippen LogP contribution in [0.5, 0.6) is 5.75 Å². The number of aromatic nitrogens is 2. The molecule has 1 N–H and O–H groups in total. The number of anilines is 2. The van der Waals surface area contributed by atoms with E-state index in [9.17, 15) is 4.79 Å². The number of carbonyl (C=O) groups excluding carboxylic acids is 1. The molecule has 0 saturated carbocycles. The summed E-state index contributed by atoms with van der Waals surface area (Å²) in [6.07, 6.45) is 3.79. The van der Waals surface area contributed by atoms with E-state index in [2.05, 4.69) is 32.5 Å². The lowest BCUT2D eigenvalue weighted by Crippen LogP contribution is -2.29. The fourth-order valence-corrected chi connectivity index (χ4v) is 3.83. The molecule has 1 aliphatic rings. The number of carbonyl (C=O) groups is 1. The summed E-state index contributed by atoms with van der Waals surface area (Å²) in [7, 11) is 0. The topological polar surface area (TPSA) is 80.5 Å². The number of hydrogen-bond acceptors (Lipinski definition) is 7. The highest BCUT2D eigenvalue weighted by Crippen LogP contribution is 2.22. The summed E-state index contributed by atoms with van der Waals surface area (Å²) in [5.41, 5.74) is 1.99. The van der Waals surface area contributed by atoms with Crippen molar-refractivity contribution in [3.8, 4) is 5.75 Å². The molecular weight excluding hydrogens is 400 g/mol. The predicted octanol–water partition coefficient (Wildman–Crippen LogP) is 4.37. The molecule has 1 aliphatic heterocycles. The maximum absolute atomic E-state index is 12.2. The second-order valence-electron chi connectivity index (χ2n) is 6.99. The van der Waals surface area contributed by atoms with Crippen LogP contribution in [0.3, 0.4) is 0 Å². The monoisotopic (exact) mass is 424 g/mol. The van der Waals surface area contributed by atoms with Gasteiger partial charge in [0.2, 0.25) is 5.91 Å². The Morgan fingerprint density at radius 2 is 1.80 bits per heavy atom. The number of hydrogen-bond donors (Lipinski definition) is 1. The molecule has 2 aromatic carbocycles. The molecular formula is C22H24N4O3S. The minimum Gasteiger partial charge on any atom is -0.484 e. The van der Waals surface area contributed by atoms with Crippen molar-refractivity contribution in [3.05, 3.63) is 60.5 Å². The molecule has 156 valence electrons. The van der Waals surface area contributed by atoms with E-state index in [1.54, 1.807) is 0 Å². The van der Waals surface area contributed by atoms with E-state index in [4.69, 9.17) is 9.15 Å². The van der Waals surface area contributed by atoms with Crippen LogP contribution in [-0.4, -0.2) is 34.9 Å². The third kappa shape index (κ3) is 5.76. The summed E-state index contributed by atoms with van der Waals surface area (Å²) in [6.45, 7) is 2.39. The fourth-order valence-electron chi connectivity index (χ4n) is 3.25. The molecule has 1 amide bonds. The van der Waals surface area contributed by atoms with Crippen LogP contribution in [0.2, 0.25) is 0 Å². The highest BCUT2D eigenvalue weighted by atomic mass is 32.2. The fraction of sp³-hybridized carbons (Fsp3) is 0.318. The van der Waals surface area contributed by atoms with Crippen LogP contribution in [0.15, 0.2) is 64.2 Å². The quantitative estimate of drug-likeness (QED) is 0.538. The molecule has 0 radical (unpaired) electrons. The molecule has 2 heterocycles. The van der Waals surface area contributed by atoms with Crippen LogP contribution in [-0.2, 0) is 11.4 Å². The first-order chi connectivity index (χ1) is 14.8. The van der Waals surface area contributed by atoms with Crippen molar-refractivity contribution in [2.45, 2.75) is 31.1 Å². The average molecular weight is 425 g/mol. The molecule has 1 aromatic heterocycles. The maximum atomic E-state index is 12.2. The zero-order chi connectivity index (χ0) is 20.6. The first kappa shape index (κ1) is 20.3. The van der Waals surface area contributed by atoms with Gasteiger partial charge in [-0.2, -0.15) is 0 Å². The van der Waals surface area contributed by atoms with Gasteiger partial charge in [0, 0.05) is 24.5 Å². The van der Waals surface area contributed by atoms with Gasteiger partial charge in [-0.1, -0.05) is 30.0 Å². The molecule has 4 rings (SSSR count). The van der Waals surface area contributed by atoms with Crippen molar-refractivity contribution >= 4 is 29.0 Å². The Morgan fingerprint density at radius 3 is 2.57 bits per heavy atom. The second kappa shape index (κ2) is 10.2. The number of ether oxygens (including phenoxy) is 1. The van der Waals surface area contributed by atoms with Gasteiger partial charge in [-0.25, -0.2) is 0 Å². The van der Waals surface area contributed by atoms with E-state index in [-0.39, 0.29) is 18.3 Å². The molecule has 0 spiro atoms. The minimum absolute atomic E-state index is 0.119. The normalized spacial score (nSPS) is 13.8. The molecule has 0 bridgehead atoms. The summed E-state index contributed by atoms with van der Waals surface area (Å²) in [5, 5.41) is 11.1. The summed E-state index contributed by atoms with van der Waals surface area (Å²) >= 11 is 1.20. The summed E-state index contributed by atoms with van der Waals surface area (Å²) in [6, 6.07) is 17.4. The number of amides is 1.